The van der Waals surface area contributed by atoms with Gasteiger partial charge in [-0.15, -0.1) is 0 Å². The Bertz CT molecular complexity index is 355. The molecule has 0 bridgehead atoms. The van der Waals surface area contributed by atoms with Crippen LogP contribution in [0.5, 0.6) is 5.75 Å². The van der Waals surface area contributed by atoms with Gasteiger partial charge in [0, 0.05) is 18.7 Å². The molecule has 1 aromatic rings. The lowest BCUT2D eigenvalue weighted by molar-refractivity contribution is 0.0269. The highest BCUT2D eigenvalue weighted by Gasteiger charge is 2.22. The summed E-state index contributed by atoms with van der Waals surface area (Å²) in [6, 6.07) is 7.09. The number of hydrogen-bond donors (Lipinski definition) is 1. The smallest absolute Gasteiger partial charge is 0.192 e. The Morgan fingerprint density at radius 3 is 2.75 bits per heavy atom. The van der Waals surface area contributed by atoms with Crippen molar-refractivity contribution in [2.45, 2.75) is 6.10 Å². The second-order valence-corrected chi connectivity index (χ2v) is 3.66. The van der Waals surface area contributed by atoms with Crippen molar-refractivity contribution in [1.82, 2.24) is 5.32 Å². The first-order valence-electron chi connectivity index (χ1n) is 5.32. The number of morpholine rings is 1. The number of ether oxygens (including phenoxy) is 2. The third-order valence-electron chi connectivity index (χ3n) is 2.59. The highest BCUT2D eigenvalue weighted by molar-refractivity contribution is 5.99. The molecule has 0 saturated carbocycles. The van der Waals surface area contributed by atoms with Crippen LogP contribution in [0.2, 0.25) is 0 Å². The van der Waals surface area contributed by atoms with E-state index >= 15 is 0 Å². The van der Waals surface area contributed by atoms with Gasteiger partial charge in [0.1, 0.15) is 11.9 Å². The number of carbonyl (C=O) groups is 1. The second kappa shape index (κ2) is 5.09. The standard InChI is InChI=1S/C12H15NO3/c1-15-10-4-2-9(3-5-10)12(14)11-8-13-6-7-16-11/h2-5,11,13H,6-8H2,1H3. The third-order valence-corrected chi connectivity index (χ3v) is 2.59. The summed E-state index contributed by atoms with van der Waals surface area (Å²) >= 11 is 0. The Morgan fingerprint density at radius 2 is 2.19 bits per heavy atom. The first-order chi connectivity index (χ1) is 7.81. The zero-order valence-electron chi connectivity index (χ0n) is 9.23. The van der Waals surface area contributed by atoms with Gasteiger partial charge in [-0.25, -0.2) is 0 Å². The molecule has 4 nitrogen and oxygen atoms in total. The largest absolute Gasteiger partial charge is 0.497 e. The van der Waals surface area contributed by atoms with E-state index < -0.39 is 0 Å². The minimum Gasteiger partial charge on any atom is -0.497 e. The zero-order valence-corrected chi connectivity index (χ0v) is 9.23. The lowest BCUT2D eigenvalue weighted by atomic mass is 10.1. The van der Waals surface area contributed by atoms with Crippen molar-refractivity contribution in [3.8, 4) is 5.75 Å². The van der Waals surface area contributed by atoms with Crippen molar-refractivity contribution < 1.29 is 14.3 Å². The summed E-state index contributed by atoms with van der Waals surface area (Å²) in [5.74, 6) is 0.772. The van der Waals surface area contributed by atoms with Gasteiger partial charge in [-0.05, 0) is 24.3 Å². The van der Waals surface area contributed by atoms with Crippen molar-refractivity contribution in [2.24, 2.45) is 0 Å². The molecule has 1 atom stereocenters. The topological polar surface area (TPSA) is 47.6 Å². The fourth-order valence-corrected chi connectivity index (χ4v) is 1.67. The Labute approximate surface area is 94.6 Å². The van der Waals surface area contributed by atoms with Gasteiger partial charge < -0.3 is 14.8 Å². The predicted octanol–water partition coefficient (Wildman–Crippen LogP) is 0.866. The number of rotatable bonds is 3. The lowest BCUT2D eigenvalue weighted by Gasteiger charge is -2.22. The fourth-order valence-electron chi connectivity index (χ4n) is 1.67. The molecule has 16 heavy (non-hydrogen) atoms. The molecule has 1 saturated heterocycles. The van der Waals surface area contributed by atoms with Crippen LogP contribution in [0.15, 0.2) is 24.3 Å². The van der Waals surface area contributed by atoms with Gasteiger partial charge in [0.2, 0.25) is 0 Å². The quantitative estimate of drug-likeness (QED) is 0.769. The highest BCUT2D eigenvalue weighted by Crippen LogP contribution is 2.14. The van der Waals surface area contributed by atoms with Crippen LogP contribution in [-0.2, 0) is 4.74 Å². The molecule has 1 aromatic carbocycles. The number of benzene rings is 1. The normalized spacial score (nSPS) is 20.4. The van der Waals surface area contributed by atoms with Gasteiger partial charge in [0.25, 0.3) is 0 Å². The van der Waals surface area contributed by atoms with Crippen molar-refractivity contribution in [3.05, 3.63) is 29.8 Å². The summed E-state index contributed by atoms with van der Waals surface area (Å²) in [6.45, 7) is 1.99. The van der Waals surface area contributed by atoms with Crippen LogP contribution in [0.3, 0.4) is 0 Å². The number of Topliss-reactive ketones (excluding diaryl/α,β-unsaturated/α-hetero) is 1. The van der Waals surface area contributed by atoms with Crippen molar-refractivity contribution >= 4 is 5.78 Å². The monoisotopic (exact) mass is 221 g/mol. The van der Waals surface area contributed by atoms with Gasteiger partial charge in [0.05, 0.1) is 13.7 Å². The van der Waals surface area contributed by atoms with E-state index in [9.17, 15) is 4.79 Å². The van der Waals surface area contributed by atoms with E-state index in [1.54, 1.807) is 31.4 Å². The molecule has 0 radical (unpaired) electrons. The summed E-state index contributed by atoms with van der Waals surface area (Å²) in [5, 5.41) is 3.14. The number of nitrogens with one attached hydrogen (secondary N) is 1. The second-order valence-electron chi connectivity index (χ2n) is 3.66. The molecule has 1 heterocycles. The van der Waals surface area contributed by atoms with Gasteiger partial charge >= 0.3 is 0 Å². The molecule has 86 valence electrons. The van der Waals surface area contributed by atoms with Gasteiger partial charge in [0.15, 0.2) is 5.78 Å². The molecule has 1 fully saturated rings. The Morgan fingerprint density at radius 1 is 1.44 bits per heavy atom. The summed E-state index contributed by atoms with van der Waals surface area (Å²) in [7, 11) is 1.60. The summed E-state index contributed by atoms with van der Waals surface area (Å²) in [4.78, 5) is 12.0. The molecule has 0 spiro atoms. The fraction of sp³-hybridized carbons (Fsp3) is 0.417. The van der Waals surface area contributed by atoms with Gasteiger partial charge in [-0.3, -0.25) is 4.79 Å². The molecule has 0 aliphatic carbocycles. The molecule has 0 amide bonds. The van der Waals surface area contributed by atoms with Crippen LogP contribution in [0.1, 0.15) is 10.4 Å². The van der Waals surface area contributed by atoms with Crippen molar-refractivity contribution in [1.29, 1.82) is 0 Å². The van der Waals surface area contributed by atoms with Crippen molar-refractivity contribution in [3.63, 3.8) is 0 Å². The van der Waals surface area contributed by atoms with Gasteiger partial charge in [-0.2, -0.15) is 0 Å². The number of carbonyl (C=O) groups excluding carboxylic acids is 1. The molecule has 1 N–H and O–H groups in total. The average molecular weight is 221 g/mol. The van der Waals surface area contributed by atoms with E-state index in [-0.39, 0.29) is 11.9 Å². The van der Waals surface area contributed by atoms with E-state index in [0.717, 1.165) is 12.3 Å². The van der Waals surface area contributed by atoms with Crippen LogP contribution in [0.25, 0.3) is 0 Å². The van der Waals surface area contributed by atoms with E-state index in [0.29, 0.717) is 18.7 Å². The number of ketones is 1. The first-order valence-corrected chi connectivity index (χ1v) is 5.32. The molecular weight excluding hydrogens is 206 g/mol. The lowest BCUT2D eigenvalue weighted by Crippen LogP contribution is -2.43. The molecule has 1 unspecified atom stereocenters. The molecule has 4 heteroatoms. The van der Waals surface area contributed by atoms with Crippen molar-refractivity contribution in [2.75, 3.05) is 26.8 Å². The van der Waals surface area contributed by atoms with Crippen LogP contribution < -0.4 is 10.1 Å². The Hall–Kier alpha value is -1.39. The molecule has 1 aliphatic rings. The summed E-state index contributed by atoms with van der Waals surface area (Å²) in [6.07, 6.45) is -0.359. The Kier molecular flexibility index (Phi) is 3.54. The highest BCUT2D eigenvalue weighted by atomic mass is 16.5. The van der Waals surface area contributed by atoms with E-state index in [4.69, 9.17) is 9.47 Å². The SMILES string of the molecule is COc1ccc(C(=O)C2CNCCO2)cc1. The van der Waals surface area contributed by atoms with Crippen LogP contribution >= 0.6 is 0 Å². The minimum atomic E-state index is -0.359. The van der Waals surface area contributed by atoms with E-state index in [1.165, 1.54) is 0 Å². The summed E-state index contributed by atoms with van der Waals surface area (Å²) in [5.41, 5.74) is 0.662. The maximum absolute atomic E-state index is 12.0. The molecule has 1 aliphatic heterocycles. The maximum Gasteiger partial charge on any atom is 0.192 e. The van der Waals surface area contributed by atoms with Crippen LogP contribution in [-0.4, -0.2) is 38.7 Å². The Balaban J connectivity index is 2.07. The molecule has 0 aromatic heterocycles. The third kappa shape index (κ3) is 2.40. The summed E-state index contributed by atoms with van der Waals surface area (Å²) < 4.78 is 10.4. The predicted molar refractivity (Wildman–Crippen MR) is 59.9 cm³/mol. The zero-order chi connectivity index (χ0) is 11.4. The van der Waals surface area contributed by atoms with E-state index in [2.05, 4.69) is 5.32 Å². The van der Waals surface area contributed by atoms with Crippen LogP contribution in [0, 0.1) is 0 Å². The first kappa shape index (κ1) is 11.1. The molecule has 2 rings (SSSR count). The number of methoxy groups -OCH3 is 1. The maximum atomic E-state index is 12.0. The minimum absolute atomic E-state index is 0.0230. The molecular formula is C12H15NO3. The van der Waals surface area contributed by atoms with E-state index in [1.807, 2.05) is 0 Å². The number of hydrogen-bond acceptors (Lipinski definition) is 4. The van der Waals surface area contributed by atoms with Gasteiger partial charge in [-0.1, -0.05) is 0 Å². The van der Waals surface area contributed by atoms with Crippen LogP contribution in [0.4, 0.5) is 0 Å². The average Bonchev–Trinajstić information content (AvgIpc) is 2.39.